The fraction of sp³-hybridized carbons (Fsp3) is 0.300. The first-order valence-corrected chi connectivity index (χ1v) is 10.4. The topological polar surface area (TPSA) is 89.5 Å². The Morgan fingerprint density at radius 2 is 1.63 bits per heavy atom. The van der Waals surface area contributed by atoms with Gasteiger partial charge in [-0.1, -0.05) is 19.1 Å². The Balaban J connectivity index is 1.88. The van der Waals surface area contributed by atoms with Crippen molar-refractivity contribution in [3.63, 3.8) is 0 Å². The summed E-state index contributed by atoms with van der Waals surface area (Å²) in [4.78, 5) is 23.9. The van der Waals surface area contributed by atoms with Gasteiger partial charge in [0.05, 0.1) is 10.9 Å². The summed E-state index contributed by atoms with van der Waals surface area (Å²) in [6, 6.07) is 12.7. The monoisotopic (exact) mass is 389 g/mol. The number of sulfone groups is 1. The lowest BCUT2D eigenvalue weighted by molar-refractivity contribution is -0.123. The van der Waals surface area contributed by atoms with E-state index >= 15 is 0 Å². The van der Waals surface area contributed by atoms with Gasteiger partial charge in [0.25, 0.3) is 5.91 Å². The Kier molecular flexibility index (Phi) is 6.74. The molecule has 0 bridgehead atoms. The summed E-state index contributed by atoms with van der Waals surface area (Å²) >= 11 is 0. The first-order chi connectivity index (χ1) is 12.7. The molecule has 0 aliphatic carbocycles. The third-order valence-corrected chi connectivity index (χ3v) is 5.18. The van der Waals surface area contributed by atoms with Gasteiger partial charge in [0.15, 0.2) is 22.2 Å². The Hall–Kier alpha value is -2.67. The highest BCUT2D eigenvalue weighted by Crippen LogP contribution is 2.17. The number of Topliss-reactive ketones (excluding diaryl/α,β-unsaturated/α-hetero) is 1. The number of nitrogens with one attached hydrogen (secondary N) is 1. The lowest BCUT2D eigenvalue weighted by Gasteiger charge is -2.15. The average Bonchev–Trinajstić information content (AvgIpc) is 2.65. The van der Waals surface area contributed by atoms with Crippen molar-refractivity contribution < 1.29 is 22.7 Å². The van der Waals surface area contributed by atoms with Crippen LogP contribution in [0.4, 0.5) is 0 Å². The van der Waals surface area contributed by atoms with E-state index in [1.807, 2.05) is 0 Å². The zero-order valence-electron chi connectivity index (χ0n) is 15.6. The Bertz CT molecular complexity index is 902. The van der Waals surface area contributed by atoms with Gasteiger partial charge in [0.1, 0.15) is 5.75 Å². The van der Waals surface area contributed by atoms with Gasteiger partial charge < -0.3 is 10.1 Å². The van der Waals surface area contributed by atoms with Crippen LogP contribution in [0.1, 0.15) is 42.2 Å². The molecule has 2 aromatic rings. The zero-order chi connectivity index (χ0) is 20.0. The second-order valence-corrected chi connectivity index (χ2v) is 8.24. The van der Waals surface area contributed by atoms with Crippen LogP contribution in [0.2, 0.25) is 0 Å². The summed E-state index contributed by atoms with van der Waals surface area (Å²) in [5, 5.41) is 2.80. The Morgan fingerprint density at radius 1 is 1.04 bits per heavy atom. The van der Waals surface area contributed by atoms with Crippen molar-refractivity contribution in [2.45, 2.75) is 31.2 Å². The first kappa shape index (κ1) is 20.6. The van der Waals surface area contributed by atoms with Crippen molar-refractivity contribution in [2.24, 2.45) is 0 Å². The first-order valence-electron chi connectivity index (χ1n) is 8.56. The van der Waals surface area contributed by atoms with E-state index in [4.69, 9.17) is 4.74 Å². The number of benzene rings is 2. The molecule has 1 atom stereocenters. The molecular formula is C20H23NO5S. The quantitative estimate of drug-likeness (QED) is 0.701. The summed E-state index contributed by atoms with van der Waals surface area (Å²) in [6.45, 7) is 3.44. The number of carbonyl (C=O) groups is 2. The molecule has 27 heavy (non-hydrogen) atoms. The van der Waals surface area contributed by atoms with E-state index in [1.165, 1.54) is 12.1 Å². The second-order valence-electron chi connectivity index (χ2n) is 6.22. The van der Waals surface area contributed by atoms with Crippen molar-refractivity contribution in [1.82, 2.24) is 5.32 Å². The minimum absolute atomic E-state index is 0.0509. The number of rotatable bonds is 8. The van der Waals surface area contributed by atoms with Crippen LogP contribution in [0.15, 0.2) is 53.4 Å². The molecule has 2 rings (SSSR count). The number of ketones is 1. The molecule has 0 aliphatic heterocycles. The summed E-state index contributed by atoms with van der Waals surface area (Å²) in [7, 11) is -3.25. The molecule has 1 N–H and O–H groups in total. The van der Waals surface area contributed by atoms with E-state index in [9.17, 15) is 18.0 Å². The van der Waals surface area contributed by atoms with E-state index in [0.29, 0.717) is 17.7 Å². The van der Waals surface area contributed by atoms with E-state index in [-0.39, 0.29) is 29.2 Å². The third kappa shape index (κ3) is 5.92. The molecule has 144 valence electrons. The fourth-order valence-corrected chi connectivity index (χ4v) is 3.09. The maximum Gasteiger partial charge on any atom is 0.258 e. The number of hydrogen-bond donors (Lipinski definition) is 1. The van der Waals surface area contributed by atoms with E-state index < -0.39 is 9.84 Å². The molecule has 0 aromatic heterocycles. The average molecular weight is 389 g/mol. The lowest BCUT2D eigenvalue weighted by atomic mass is 10.1. The van der Waals surface area contributed by atoms with Crippen molar-refractivity contribution >= 4 is 21.5 Å². The van der Waals surface area contributed by atoms with Crippen LogP contribution in [0, 0.1) is 0 Å². The van der Waals surface area contributed by atoms with Crippen molar-refractivity contribution in [2.75, 3.05) is 12.9 Å². The molecule has 2 aromatic carbocycles. The molecular weight excluding hydrogens is 366 g/mol. The van der Waals surface area contributed by atoms with Gasteiger partial charge >= 0.3 is 0 Å². The molecule has 1 amide bonds. The Labute approximate surface area is 159 Å². The molecule has 0 heterocycles. The van der Waals surface area contributed by atoms with E-state index in [1.54, 1.807) is 50.2 Å². The Morgan fingerprint density at radius 3 is 2.15 bits per heavy atom. The number of carbonyl (C=O) groups excluding carboxylic acids is 2. The van der Waals surface area contributed by atoms with Crippen LogP contribution >= 0.6 is 0 Å². The maximum atomic E-state index is 12.1. The standard InChI is InChI=1S/C20H23NO5S/c1-4-19(22)16-5-9-17(10-6-16)26-13-20(23)21-14(2)15-7-11-18(12-8-15)27(3,24)25/h5-12,14H,4,13H2,1-3H3,(H,21,23). The zero-order valence-corrected chi connectivity index (χ0v) is 16.4. The second kappa shape index (κ2) is 8.81. The predicted molar refractivity (Wildman–Crippen MR) is 103 cm³/mol. The molecule has 0 spiro atoms. The van der Waals surface area contributed by atoms with Crippen molar-refractivity contribution in [3.05, 3.63) is 59.7 Å². The number of ether oxygens (including phenoxy) is 1. The maximum absolute atomic E-state index is 12.1. The highest BCUT2D eigenvalue weighted by atomic mass is 32.2. The van der Waals surface area contributed by atoms with Crippen LogP contribution in [0.5, 0.6) is 5.75 Å². The van der Waals surface area contributed by atoms with Crippen LogP contribution in [0.25, 0.3) is 0 Å². The fourth-order valence-electron chi connectivity index (χ4n) is 2.46. The SMILES string of the molecule is CCC(=O)c1ccc(OCC(=O)NC(C)c2ccc(S(C)(=O)=O)cc2)cc1. The summed E-state index contributed by atoms with van der Waals surface area (Å²) in [6.07, 6.45) is 1.58. The number of amides is 1. The minimum atomic E-state index is -3.25. The third-order valence-electron chi connectivity index (χ3n) is 4.05. The molecule has 0 saturated carbocycles. The molecule has 0 radical (unpaired) electrons. The molecule has 0 fully saturated rings. The van der Waals surface area contributed by atoms with Crippen LogP contribution in [0.3, 0.4) is 0 Å². The van der Waals surface area contributed by atoms with Gasteiger partial charge in [-0.15, -0.1) is 0 Å². The number of hydrogen-bond acceptors (Lipinski definition) is 5. The largest absolute Gasteiger partial charge is 0.484 e. The summed E-state index contributed by atoms with van der Waals surface area (Å²) < 4.78 is 28.4. The van der Waals surface area contributed by atoms with Gasteiger partial charge in [-0.3, -0.25) is 9.59 Å². The molecule has 0 saturated heterocycles. The lowest BCUT2D eigenvalue weighted by Crippen LogP contribution is -2.31. The highest BCUT2D eigenvalue weighted by molar-refractivity contribution is 7.90. The van der Waals surface area contributed by atoms with Crippen LogP contribution in [-0.4, -0.2) is 33.0 Å². The van der Waals surface area contributed by atoms with Gasteiger partial charge in [-0.05, 0) is 48.9 Å². The predicted octanol–water partition coefficient (Wildman–Crippen LogP) is 2.94. The molecule has 6 nitrogen and oxygen atoms in total. The molecule has 0 aliphatic rings. The van der Waals surface area contributed by atoms with Crippen LogP contribution < -0.4 is 10.1 Å². The smallest absolute Gasteiger partial charge is 0.258 e. The van der Waals surface area contributed by atoms with Crippen molar-refractivity contribution in [1.29, 1.82) is 0 Å². The van der Waals surface area contributed by atoms with Crippen molar-refractivity contribution in [3.8, 4) is 5.75 Å². The van der Waals surface area contributed by atoms with Crippen LogP contribution in [-0.2, 0) is 14.6 Å². The molecule has 1 unspecified atom stereocenters. The highest BCUT2D eigenvalue weighted by Gasteiger charge is 2.12. The van der Waals surface area contributed by atoms with Gasteiger partial charge in [-0.25, -0.2) is 8.42 Å². The van der Waals surface area contributed by atoms with E-state index in [0.717, 1.165) is 11.8 Å². The summed E-state index contributed by atoms with van der Waals surface area (Å²) in [5.41, 5.74) is 1.40. The van der Waals surface area contributed by atoms with Gasteiger partial charge in [-0.2, -0.15) is 0 Å². The van der Waals surface area contributed by atoms with Gasteiger partial charge in [0, 0.05) is 18.2 Å². The summed E-state index contributed by atoms with van der Waals surface area (Å²) in [5.74, 6) is 0.251. The van der Waals surface area contributed by atoms with E-state index in [2.05, 4.69) is 5.32 Å². The normalized spacial score (nSPS) is 12.3. The minimum Gasteiger partial charge on any atom is -0.484 e. The molecule has 7 heteroatoms. The van der Waals surface area contributed by atoms with Gasteiger partial charge in [0.2, 0.25) is 0 Å².